The van der Waals surface area contributed by atoms with E-state index < -0.39 is 0 Å². The van der Waals surface area contributed by atoms with E-state index in [1.807, 2.05) is 5.38 Å². The quantitative estimate of drug-likeness (QED) is 0.847. The van der Waals surface area contributed by atoms with Crippen LogP contribution in [0.15, 0.2) is 5.38 Å². The Kier molecular flexibility index (Phi) is 5.64. The van der Waals surface area contributed by atoms with Crippen LogP contribution in [0.5, 0.6) is 0 Å². The van der Waals surface area contributed by atoms with Crippen molar-refractivity contribution in [2.24, 2.45) is 11.8 Å². The fraction of sp³-hybridized carbons (Fsp3) is 0.714. The summed E-state index contributed by atoms with van der Waals surface area (Å²) in [5.74, 6) is 1.87. The summed E-state index contributed by atoms with van der Waals surface area (Å²) in [6, 6.07) is 0. The van der Waals surface area contributed by atoms with Gasteiger partial charge in [-0.15, -0.1) is 22.9 Å². The summed E-state index contributed by atoms with van der Waals surface area (Å²) in [6.07, 6.45) is 5.56. The van der Waals surface area contributed by atoms with Crippen molar-refractivity contribution in [3.05, 3.63) is 16.1 Å². The summed E-state index contributed by atoms with van der Waals surface area (Å²) in [5.41, 5.74) is 0.857. The van der Waals surface area contributed by atoms with Gasteiger partial charge in [0.1, 0.15) is 5.01 Å². The van der Waals surface area contributed by atoms with Crippen molar-refractivity contribution in [3.8, 4) is 0 Å². The minimum absolute atomic E-state index is 0.0771. The first kappa shape index (κ1) is 14.8. The number of hydrogen-bond acceptors (Lipinski definition) is 3. The predicted octanol–water partition coefficient (Wildman–Crippen LogP) is 3.37. The highest BCUT2D eigenvalue weighted by Crippen LogP contribution is 2.28. The zero-order valence-electron chi connectivity index (χ0n) is 11.3. The Labute approximate surface area is 123 Å². The van der Waals surface area contributed by atoms with Gasteiger partial charge in [0.25, 0.3) is 0 Å². The van der Waals surface area contributed by atoms with E-state index in [0.717, 1.165) is 23.2 Å². The van der Waals surface area contributed by atoms with Gasteiger partial charge < -0.3 is 5.32 Å². The maximum absolute atomic E-state index is 11.9. The molecule has 2 atom stereocenters. The third kappa shape index (κ3) is 4.46. The first-order chi connectivity index (χ1) is 9.19. The third-order valence-electron chi connectivity index (χ3n) is 3.90. The van der Waals surface area contributed by atoms with Crippen LogP contribution in [-0.2, 0) is 17.1 Å². The summed E-state index contributed by atoms with van der Waals surface area (Å²) in [5, 5.41) is 5.82. The largest absolute Gasteiger partial charge is 0.355 e. The van der Waals surface area contributed by atoms with Gasteiger partial charge in [0.15, 0.2) is 0 Å². The molecule has 0 aromatic carbocycles. The van der Waals surface area contributed by atoms with Crippen LogP contribution in [0, 0.1) is 11.8 Å². The van der Waals surface area contributed by atoms with Crippen LogP contribution in [0.25, 0.3) is 0 Å². The molecule has 1 saturated carbocycles. The van der Waals surface area contributed by atoms with Gasteiger partial charge in [0, 0.05) is 11.9 Å². The van der Waals surface area contributed by atoms with Crippen LogP contribution in [0.1, 0.15) is 43.3 Å². The van der Waals surface area contributed by atoms with Crippen molar-refractivity contribution >= 4 is 28.8 Å². The van der Waals surface area contributed by atoms with Crippen molar-refractivity contribution in [1.29, 1.82) is 0 Å². The van der Waals surface area contributed by atoms with E-state index in [9.17, 15) is 4.79 Å². The van der Waals surface area contributed by atoms with Gasteiger partial charge >= 0.3 is 0 Å². The summed E-state index contributed by atoms with van der Waals surface area (Å²) in [4.78, 5) is 16.2. The van der Waals surface area contributed by atoms with Crippen molar-refractivity contribution in [2.75, 3.05) is 6.54 Å². The maximum atomic E-state index is 11.9. The molecular formula is C14H21ClN2OS. The van der Waals surface area contributed by atoms with E-state index in [2.05, 4.69) is 17.2 Å². The summed E-state index contributed by atoms with van der Waals surface area (Å²) in [7, 11) is 0. The Bertz CT molecular complexity index is 421. The summed E-state index contributed by atoms with van der Waals surface area (Å²) in [6.45, 7) is 3.11. The number of alkyl halides is 1. The molecule has 1 amide bonds. The van der Waals surface area contributed by atoms with Crippen LogP contribution in [0.4, 0.5) is 0 Å². The molecule has 19 heavy (non-hydrogen) atoms. The van der Waals surface area contributed by atoms with Crippen LogP contribution >= 0.6 is 22.9 Å². The number of rotatable bonds is 5. The molecule has 1 aliphatic rings. The van der Waals surface area contributed by atoms with Crippen LogP contribution < -0.4 is 5.32 Å². The lowest BCUT2D eigenvalue weighted by Crippen LogP contribution is -2.34. The van der Waals surface area contributed by atoms with Gasteiger partial charge in [0.05, 0.1) is 18.0 Å². The minimum Gasteiger partial charge on any atom is -0.355 e. The SMILES string of the molecule is CC1CCCCC1CNC(=O)Cc1nc(CCl)cs1. The van der Waals surface area contributed by atoms with Crippen molar-refractivity contribution in [1.82, 2.24) is 10.3 Å². The molecule has 1 fully saturated rings. The van der Waals surface area contributed by atoms with Crippen LogP contribution in [-0.4, -0.2) is 17.4 Å². The molecule has 3 nitrogen and oxygen atoms in total. The highest BCUT2D eigenvalue weighted by molar-refractivity contribution is 7.09. The standard InChI is InChI=1S/C14H21ClN2OS/c1-10-4-2-3-5-11(10)8-16-13(18)6-14-17-12(7-15)9-19-14/h9-11H,2-8H2,1H3,(H,16,18). The highest BCUT2D eigenvalue weighted by atomic mass is 35.5. The van der Waals surface area contributed by atoms with Crippen molar-refractivity contribution in [2.45, 2.75) is 44.9 Å². The normalized spacial score (nSPS) is 23.3. The van der Waals surface area contributed by atoms with Crippen LogP contribution in [0.2, 0.25) is 0 Å². The molecule has 0 radical (unpaired) electrons. The number of halogens is 1. The number of aromatic nitrogens is 1. The molecule has 2 rings (SSSR count). The lowest BCUT2D eigenvalue weighted by atomic mass is 9.80. The molecule has 0 spiro atoms. The molecule has 0 bridgehead atoms. The molecule has 1 aliphatic carbocycles. The number of nitrogens with one attached hydrogen (secondary N) is 1. The summed E-state index contributed by atoms with van der Waals surface area (Å²) < 4.78 is 0. The number of carbonyl (C=O) groups is 1. The fourth-order valence-electron chi connectivity index (χ4n) is 2.63. The Morgan fingerprint density at radius 1 is 1.53 bits per heavy atom. The molecule has 0 aliphatic heterocycles. The molecule has 1 heterocycles. The van der Waals surface area contributed by atoms with E-state index >= 15 is 0 Å². The molecule has 2 unspecified atom stereocenters. The number of carbonyl (C=O) groups excluding carboxylic acids is 1. The second-order valence-corrected chi connectivity index (χ2v) is 6.58. The van der Waals surface area contributed by atoms with Gasteiger partial charge in [-0.2, -0.15) is 0 Å². The Morgan fingerprint density at radius 2 is 2.32 bits per heavy atom. The second-order valence-electron chi connectivity index (χ2n) is 5.37. The van der Waals surface area contributed by atoms with Gasteiger partial charge in [0.2, 0.25) is 5.91 Å². The van der Waals surface area contributed by atoms with Gasteiger partial charge in [-0.1, -0.05) is 26.2 Å². The fourth-order valence-corrected chi connectivity index (χ4v) is 3.65. The van der Waals surface area contributed by atoms with Gasteiger partial charge in [-0.05, 0) is 18.3 Å². The van der Waals surface area contributed by atoms with E-state index in [-0.39, 0.29) is 5.91 Å². The molecular weight excluding hydrogens is 280 g/mol. The number of thiazole rings is 1. The lowest BCUT2D eigenvalue weighted by molar-refractivity contribution is -0.120. The Morgan fingerprint density at radius 3 is 3.00 bits per heavy atom. The minimum atomic E-state index is 0.0771. The Hall–Kier alpha value is -0.610. The van der Waals surface area contributed by atoms with Crippen LogP contribution in [0.3, 0.4) is 0 Å². The Balaban J connectivity index is 1.74. The second kappa shape index (κ2) is 7.25. The third-order valence-corrected chi connectivity index (χ3v) is 5.07. The predicted molar refractivity (Wildman–Crippen MR) is 79.5 cm³/mol. The van der Waals surface area contributed by atoms with Gasteiger partial charge in [-0.3, -0.25) is 4.79 Å². The van der Waals surface area contributed by atoms with E-state index in [1.54, 1.807) is 0 Å². The number of amides is 1. The zero-order valence-corrected chi connectivity index (χ0v) is 12.9. The zero-order chi connectivity index (χ0) is 13.7. The van der Waals surface area contributed by atoms with E-state index in [1.165, 1.54) is 37.0 Å². The monoisotopic (exact) mass is 300 g/mol. The number of hydrogen-bond donors (Lipinski definition) is 1. The molecule has 1 aromatic heterocycles. The summed E-state index contributed by atoms with van der Waals surface area (Å²) >= 11 is 7.21. The van der Waals surface area contributed by atoms with E-state index in [0.29, 0.717) is 18.2 Å². The lowest BCUT2D eigenvalue weighted by Gasteiger charge is -2.28. The molecule has 1 aromatic rings. The molecule has 106 valence electrons. The highest BCUT2D eigenvalue weighted by Gasteiger charge is 2.21. The topological polar surface area (TPSA) is 42.0 Å². The van der Waals surface area contributed by atoms with E-state index in [4.69, 9.17) is 11.6 Å². The van der Waals surface area contributed by atoms with Crippen molar-refractivity contribution < 1.29 is 4.79 Å². The first-order valence-corrected chi connectivity index (χ1v) is 8.36. The average molecular weight is 301 g/mol. The molecule has 5 heteroatoms. The molecule has 0 saturated heterocycles. The smallest absolute Gasteiger partial charge is 0.226 e. The van der Waals surface area contributed by atoms with Crippen molar-refractivity contribution in [3.63, 3.8) is 0 Å². The number of nitrogens with zero attached hydrogens (tertiary/aromatic N) is 1. The maximum Gasteiger partial charge on any atom is 0.226 e. The first-order valence-electron chi connectivity index (χ1n) is 6.95. The molecule has 1 N–H and O–H groups in total. The average Bonchev–Trinajstić information content (AvgIpc) is 2.85. The van der Waals surface area contributed by atoms with Gasteiger partial charge in [-0.25, -0.2) is 4.98 Å².